The summed E-state index contributed by atoms with van der Waals surface area (Å²) in [4.78, 5) is 12.7. The van der Waals surface area contributed by atoms with E-state index in [-0.39, 0.29) is 17.9 Å². The molecule has 1 fully saturated rings. The number of methoxy groups -OCH3 is 1. The summed E-state index contributed by atoms with van der Waals surface area (Å²) >= 11 is 0. The van der Waals surface area contributed by atoms with Crippen molar-refractivity contribution in [1.82, 2.24) is 9.78 Å². The smallest absolute Gasteiger partial charge is 0.231 e. The predicted molar refractivity (Wildman–Crippen MR) is 111 cm³/mol. The molecule has 1 aliphatic heterocycles. The summed E-state index contributed by atoms with van der Waals surface area (Å²) in [6, 6.07) is 13.4. The van der Waals surface area contributed by atoms with Crippen LogP contribution in [0.25, 0.3) is 16.6 Å². The highest BCUT2D eigenvalue weighted by Crippen LogP contribution is 2.35. The number of carbonyl (C=O) groups excluding carboxylic acids is 1. The van der Waals surface area contributed by atoms with E-state index in [1.807, 2.05) is 61.0 Å². The van der Waals surface area contributed by atoms with Crippen molar-refractivity contribution in [1.29, 1.82) is 0 Å². The van der Waals surface area contributed by atoms with Gasteiger partial charge < -0.3 is 19.5 Å². The maximum atomic E-state index is 12.7. The largest absolute Gasteiger partial charge is 0.497 e. The molecule has 1 N–H and O–H groups in total. The van der Waals surface area contributed by atoms with Gasteiger partial charge in [-0.25, -0.2) is 4.68 Å². The Bertz CT molecular complexity index is 1000. The quantitative estimate of drug-likeness (QED) is 0.687. The van der Waals surface area contributed by atoms with Crippen molar-refractivity contribution in [2.24, 2.45) is 5.92 Å². The Labute approximate surface area is 169 Å². The normalized spacial score (nSPS) is 16.3. The number of hydrogen-bond acceptors (Lipinski definition) is 5. The average molecular weight is 395 g/mol. The Balaban J connectivity index is 1.80. The van der Waals surface area contributed by atoms with Gasteiger partial charge in [-0.05, 0) is 56.7 Å². The molecule has 1 unspecified atom stereocenters. The third-order valence-corrected chi connectivity index (χ3v) is 4.89. The van der Waals surface area contributed by atoms with E-state index < -0.39 is 0 Å². The van der Waals surface area contributed by atoms with Crippen LogP contribution in [0, 0.1) is 5.92 Å². The molecule has 1 aromatic heterocycles. The third kappa shape index (κ3) is 3.91. The minimum absolute atomic E-state index is 0.00304. The Kier molecular flexibility index (Phi) is 5.40. The number of rotatable bonds is 6. The van der Waals surface area contributed by atoms with Crippen molar-refractivity contribution in [3.8, 4) is 17.2 Å². The summed E-state index contributed by atoms with van der Waals surface area (Å²) in [5, 5.41) is 8.50. The second kappa shape index (κ2) is 8.13. The van der Waals surface area contributed by atoms with Gasteiger partial charge in [0.1, 0.15) is 11.5 Å². The molecule has 0 radical (unpaired) electrons. The standard InChI is InChI=1S/C22H25N3O4/c1-14(2)29-19-6-4-5-18-20(19)21(23-22(26)15-11-12-28-13-15)24-25(18)16-7-9-17(27-3)10-8-16/h4-10,14-15H,11-13H2,1-3H3,(H,23,24,26). The lowest BCUT2D eigenvalue weighted by atomic mass is 10.1. The number of amides is 1. The van der Waals surface area contributed by atoms with Gasteiger partial charge in [-0.3, -0.25) is 4.79 Å². The van der Waals surface area contributed by atoms with Gasteiger partial charge in [0.05, 0.1) is 42.3 Å². The summed E-state index contributed by atoms with van der Waals surface area (Å²) in [5.41, 5.74) is 1.72. The van der Waals surface area contributed by atoms with E-state index in [2.05, 4.69) is 5.32 Å². The van der Waals surface area contributed by atoms with Crippen molar-refractivity contribution < 1.29 is 19.0 Å². The fourth-order valence-corrected chi connectivity index (χ4v) is 3.46. The minimum atomic E-state index is -0.158. The van der Waals surface area contributed by atoms with Gasteiger partial charge in [0, 0.05) is 6.61 Å². The molecule has 1 aliphatic rings. The fourth-order valence-electron chi connectivity index (χ4n) is 3.46. The molecule has 29 heavy (non-hydrogen) atoms. The van der Waals surface area contributed by atoms with Gasteiger partial charge in [0.25, 0.3) is 0 Å². The Hall–Kier alpha value is -3.06. The van der Waals surface area contributed by atoms with E-state index in [0.29, 0.717) is 24.8 Å². The van der Waals surface area contributed by atoms with Crippen LogP contribution in [0.15, 0.2) is 42.5 Å². The first-order valence-electron chi connectivity index (χ1n) is 9.78. The number of nitrogens with one attached hydrogen (secondary N) is 1. The maximum Gasteiger partial charge on any atom is 0.231 e. The molecule has 7 nitrogen and oxygen atoms in total. The van der Waals surface area contributed by atoms with E-state index in [4.69, 9.17) is 19.3 Å². The first-order chi connectivity index (χ1) is 14.1. The van der Waals surface area contributed by atoms with Gasteiger partial charge in [-0.1, -0.05) is 6.07 Å². The topological polar surface area (TPSA) is 74.6 Å². The number of anilines is 1. The Morgan fingerprint density at radius 1 is 1.24 bits per heavy atom. The molecular formula is C22H25N3O4. The van der Waals surface area contributed by atoms with Gasteiger partial charge in [-0.15, -0.1) is 5.10 Å². The fraction of sp³-hybridized carbons (Fsp3) is 0.364. The molecule has 2 aromatic carbocycles. The second-order valence-electron chi connectivity index (χ2n) is 7.33. The first kappa shape index (κ1) is 19.3. The van der Waals surface area contributed by atoms with Crippen molar-refractivity contribution in [3.63, 3.8) is 0 Å². The molecule has 1 atom stereocenters. The molecule has 152 valence electrons. The zero-order chi connectivity index (χ0) is 20.4. The van der Waals surface area contributed by atoms with Crippen molar-refractivity contribution >= 4 is 22.6 Å². The van der Waals surface area contributed by atoms with E-state index in [1.165, 1.54) is 0 Å². The summed E-state index contributed by atoms with van der Waals surface area (Å²) in [6.07, 6.45) is 0.718. The zero-order valence-electron chi connectivity index (χ0n) is 16.8. The number of aromatic nitrogens is 2. The third-order valence-electron chi connectivity index (χ3n) is 4.89. The van der Waals surface area contributed by atoms with Crippen LogP contribution in [0.4, 0.5) is 5.82 Å². The van der Waals surface area contributed by atoms with Crippen LogP contribution in [-0.4, -0.2) is 42.1 Å². The van der Waals surface area contributed by atoms with Gasteiger partial charge in [0.2, 0.25) is 5.91 Å². The lowest BCUT2D eigenvalue weighted by molar-refractivity contribution is -0.119. The number of carbonyl (C=O) groups is 1. The molecule has 0 spiro atoms. The Morgan fingerprint density at radius 2 is 2.03 bits per heavy atom. The highest BCUT2D eigenvalue weighted by atomic mass is 16.5. The van der Waals surface area contributed by atoms with Gasteiger partial charge in [0.15, 0.2) is 5.82 Å². The maximum absolute atomic E-state index is 12.7. The van der Waals surface area contributed by atoms with Crippen molar-refractivity contribution in [3.05, 3.63) is 42.5 Å². The molecule has 0 bridgehead atoms. The molecule has 3 aromatic rings. The first-order valence-corrected chi connectivity index (χ1v) is 9.78. The zero-order valence-corrected chi connectivity index (χ0v) is 16.8. The summed E-state index contributed by atoms with van der Waals surface area (Å²) < 4.78 is 18.4. The van der Waals surface area contributed by atoms with Gasteiger partial charge in [-0.2, -0.15) is 0 Å². The van der Waals surface area contributed by atoms with Crippen LogP contribution in [0.2, 0.25) is 0 Å². The highest BCUT2D eigenvalue weighted by molar-refractivity contribution is 6.04. The van der Waals surface area contributed by atoms with Crippen molar-refractivity contribution in [2.45, 2.75) is 26.4 Å². The SMILES string of the molecule is COc1ccc(-n2nc(NC(=O)C3CCOC3)c3c(OC(C)C)cccc32)cc1. The minimum Gasteiger partial charge on any atom is -0.497 e. The Morgan fingerprint density at radius 3 is 2.69 bits per heavy atom. The molecule has 0 aliphatic carbocycles. The summed E-state index contributed by atoms with van der Waals surface area (Å²) in [6.45, 7) is 5.00. The van der Waals surface area contributed by atoms with Crippen LogP contribution in [0.5, 0.6) is 11.5 Å². The molecule has 1 amide bonds. The van der Waals surface area contributed by atoms with Crippen LogP contribution in [0.1, 0.15) is 20.3 Å². The molecule has 0 saturated carbocycles. The van der Waals surface area contributed by atoms with E-state index in [0.717, 1.165) is 28.8 Å². The highest BCUT2D eigenvalue weighted by Gasteiger charge is 2.26. The van der Waals surface area contributed by atoms with Crippen LogP contribution in [-0.2, 0) is 9.53 Å². The van der Waals surface area contributed by atoms with Crippen LogP contribution < -0.4 is 14.8 Å². The lowest BCUT2D eigenvalue weighted by Crippen LogP contribution is -2.23. The number of ether oxygens (including phenoxy) is 3. The number of fused-ring (bicyclic) bond motifs is 1. The van der Waals surface area contributed by atoms with Crippen LogP contribution >= 0.6 is 0 Å². The monoisotopic (exact) mass is 395 g/mol. The summed E-state index contributed by atoms with van der Waals surface area (Å²) in [5.74, 6) is 1.71. The number of nitrogens with zero attached hydrogens (tertiary/aromatic N) is 2. The van der Waals surface area contributed by atoms with E-state index >= 15 is 0 Å². The summed E-state index contributed by atoms with van der Waals surface area (Å²) in [7, 11) is 1.63. The lowest BCUT2D eigenvalue weighted by Gasteiger charge is -2.12. The van der Waals surface area contributed by atoms with Crippen LogP contribution in [0.3, 0.4) is 0 Å². The molecule has 2 heterocycles. The molecule has 1 saturated heterocycles. The average Bonchev–Trinajstić information content (AvgIpc) is 3.37. The number of hydrogen-bond donors (Lipinski definition) is 1. The predicted octanol–water partition coefficient (Wildman–Crippen LogP) is 3.80. The molecule has 7 heteroatoms. The van der Waals surface area contributed by atoms with Gasteiger partial charge >= 0.3 is 0 Å². The second-order valence-corrected chi connectivity index (χ2v) is 7.33. The molecular weight excluding hydrogens is 370 g/mol. The van der Waals surface area contributed by atoms with Crippen molar-refractivity contribution in [2.75, 3.05) is 25.6 Å². The van der Waals surface area contributed by atoms with E-state index in [9.17, 15) is 4.79 Å². The van der Waals surface area contributed by atoms with E-state index in [1.54, 1.807) is 7.11 Å². The number of benzene rings is 2. The molecule has 4 rings (SSSR count).